The van der Waals surface area contributed by atoms with Gasteiger partial charge in [-0.2, -0.15) is 0 Å². The molecule has 0 N–H and O–H groups in total. The van der Waals surface area contributed by atoms with Crippen LogP contribution in [0.25, 0.3) is 0 Å². The number of carbonyl (C=O) groups excluding carboxylic acids is 1. The Balaban J connectivity index is 2.13. The highest BCUT2D eigenvalue weighted by atomic mass is 16.5. The number of rotatable bonds is 0. The zero-order chi connectivity index (χ0) is 10.3. The fourth-order valence-electron chi connectivity index (χ4n) is 2.09. The molecule has 1 aromatic rings. The number of benzene rings is 1. The van der Waals surface area contributed by atoms with Crippen molar-refractivity contribution in [3.8, 4) is 11.5 Å². The molecule has 78 valence electrons. The molecule has 0 fully saturated rings. The molecule has 0 saturated carbocycles. The van der Waals surface area contributed by atoms with Crippen LogP contribution in [0.3, 0.4) is 0 Å². The number of fused-ring (bicyclic) bond motifs is 2. The van der Waals surface area contributed by atoms with Crippen LogP contribution in [0.4, 0.5) is 0 Å². The highest BCUT2D eigenvalue weighted by Gasteiger charge is 2.22. The van der Waals surface area contributed by atoms with Crippen molar-refractivity contribution in [3.63, 3.8) is 0 Å². The van der Waals surface area contributed by atoms with Gasteiger partial charge in [-0.3, -0.25) is 4.79 Å². The summed E-state index contributed by atoms with van der Waals surface area (Å²) in [7, 11) is 0. The SMILES string of the molecule is O=C1CCCOc2cc3c(cc21)CCO3. The Morgan fingerprint density at radius 1 is 1.00 bits per heavy atom. The minimum absolute atomic E-state index is 0.192. The van der Waals surface area contributed by atoms with Crippen LogP contribution >= 0.6 is 0 Å². The first-order valence-corrected chi connectivity index (χ1v) is 5.30. The third-order valence-electron chi connectivity index (χ3n) is 2.90. The third-order valence-corrected chi connectivity index (χ3v) is 2.90. The molecule has 0 radical (unpaired) electrons. The molecule has 3 nitrogen and oxygen atoms in total. The van der Waals surface area contributed by atoms with Crippen molar-refractivity contribution in [1.82, 2.24) is 0 Å². The Morgan fingerprint density at radius 2 is 1.87 bits per heavy atom. The van der Waals surface area contributed by atoms with Crippen LogP contribution in [-0.4, -0.2) is 19.0 Å². The molecule has 1 aromatic carbocycles. The summed E-state index contributed by atoms with van der Waals surface area (Å²) in [5.41, 5.74) is 1.87. The Labute approximate surface area is 88.0 Å². The van der Waals surface area contributed by atoms with Gasteiger partial charge >= 0.3 is 0 Å². The van der Waals surface area contributed by atoms with E-state index in [-0.39, 0.29) is 5.78 Å². The summed E-state index contributed by atoms with van der Waals surface area (Å²) in [5.74, 6) is 1.76. The number of hydrogen-bond donors (Lipinski definition) is 0. The average Bonchev–Trinajstić information content (AvgIpc) is 2.62. The predicted octanol–water partition coefficient (Wildman–Crippen LogP) is 1.98. The molecule has 3 heteroatoms. The second-order valence-corrected chi connectivity index (χ2v) is 3.93. The lowest BCUT2D eigenvalue weighted by Crippen LogP contribution is -1.98. The van der Waals surface area contributed by atoms with Crippen molar-refractivity contribution >= 4 is 5.78 Å². The maximum absolute atomic E-state index is 11.8. The molecule has 2 aliphatic rings. The van der Waals surface area contributed by atoms with Gasteiger partial charge < -0.3 is 9.47 Å². The average molecular weight is 204 g/mol. The molecule has 0 aliphatic carbocycles. The zero-order valence-corrected chi connectivity index (χ0v) is 8.41. The number of hydrogen-bond acceptors (Lipinski definition) is 3. The molecule has 3 rings (SSSR count). The van der Waals surface area contributed by atoms with E-state index in [2.05, 4.69) is 0 Å². The summed E-state index contributed by atoms with van der Waals surface area (Å²) in [6.07, 6.45) is 2.29. The fraction of sp³-hybridized carbons (Fsp3) is 0.417. The van der Waals surface area contributed by atoms with Crippen molar-refractivity contribution in [3.05, 3.63) is 23.3 Å². The van der Waals surface area contributed by atoms with Crippen LogP contribution in [0.5, 0.6) is 11.5 Å². The molecule has 2 aliphatic heterocycles. The normalized spacial score (nSPS) is 18.5. The Morgan fingerprint density at radius 3 is 2.80 bits per heavy atom. The lowest BCUT2D eigenvalue weighted by Gasteiger charge is -2.08. The van der Waals surface area contributed by atoms with Crippen molar-refractivity contribution in [2.75, 3.05) is 13.2 Å². The Kier molecular flexibility index (Phi) is 1.91. The molecule has 0 bridgehead atoms. The van der Waals surface area contributed by atoms with Crippen molar-refractivity contribution in [2.45, 2.75) is 19.3 Å². The van der Waals surface area contributed by atoms with Crippen LogP contribution in [0.1, 0.15) is 28.8 Å². The molecule has 15 heavy (non-hydrogen) atoms. The maximum atomic E-state index is 11.8. The third kappa shape index (κ3) is 1.39. The molecule has 2 heterocycles. The van der Waals surface area contributed by atoms with Crippen LogP contribution in [0.15, 0.2) is 12.1 Å². The van der Waals surface area contributed by atoms with E-state index in [1.807, 2.05) is 12.1 Å². The van der Waals surface area contributed by atoms with Crippen LogP contribution < -0.4 is 9.47 Å². The standard InChI is InChI=1S/C12H12O3/c13-10-2-1-4-14-12-7-11-8(3-5-15-11)6-9(10)12/h6-7H,1-5H2. The molecular weight excluding hydrogens is 192 g/mol. The number of Topliss-reactive ketones (excluding diaryl/α,β-unsaturated/α-hetero) is 1. The summed E-state index contributed by atoms with van der Waals surface area (Å²) in [4.78, 5) is 11.8. The minimum atomic E-state index is 0.192. The van der Waals surface area contributed by atoms with Crippen molar-refractivity contribution in [2.24, 2.45) is 0 Å². The molecule has 0 atom stereocenters. The molecule has 0 amide bonds. The molecule has 0 saturated heterocycles. The minimum Gasteiger partial charge on any atom is -0.493 e. The first kappa shape index (κ1) is 8.77. The summed E-state index contributed by atoms with van der Waals surface area (Å²) in [5, 5.41) is 0. The van der Waals surface area contributed by atoms with Gasteiger partial charge in [0.2, 0.25) is 0 Å². The van der Waals surface area contributed by atoms with Gasteiger partial charge in [0.05, 0.1) is 18.8 Å². The zero-order valence-electron chi connectivity index (χ0n) is 8.41. The first-order chi connectivity index (χ1) is 7.34. The van der Waals surface area contributed by atoms with E-state index in [0.29, 0.717) is 25.4 Å². The van der Waals surface area contributed by atoms with E-state index in [1.165, 1.54) is 0 Å². The van der Waals surface area contributed by atoms with E-state index in [9.17, 15) is 4.79 Å². The van der Waals surface area contributed by atoms with Crippen LogP contribution in [-0.2, 0) is 6.42 Å². The first-order valence-electron chi connectivity index (χ1n) is 5.30. The lowest BCUT2D eigenvalue weighted by molar-refractivity contribution is 0.0983. The van der Waals surface area contributed by atoms with Crippen molar-refractivity contribution in [1.29, 1.82) is 0 Å². The van der Waals surface area contributed by atoms with E-state index < -0.39 is 0 Å². The largest absolute Gasteiger partial charge is 0.493 e. The Bertz CT molecular complexity index is 423. The number of ether oxygens (including phenoxy) is 2. The van der Waals surface area contributed by atoms with E-state index in [1.54, 1.807) is 0 Å². The summed E-state index contributed by atoms with van der Waals surface area (Å²) < 4.78 is 11.0. The Hall–Kier alpha value is -1.51. The van der Waals surface area contributed by atoms with Gasteiger partial charge in [0, 0.05) is 18.9 Å². The molecule has 0 unspecified atom stereocenters. The predicted molar refractivity (Wildman–Crippen MR) is 54.7 cm³/mol. The summed E-state index contributed by atoms with van der Waals surface area (Å²) >= 11 is 0. The van der Waals surface area contributed by atoms with E-state index >= 15 is 0 Å². The topological polar surface area (TPSA) is 35.5 Å². The number of carbonyl (C=O) groups is 1. The molecular formula is C12H12O3. The van der Waals surface area contributed by atoms with Gasteiger partial charge in [0.25, 0.3) is 0 Å². The highest BCUT2D eigenvalue weighted by Crippen LogP contribution is 2.34. The van der Waals surface area contributed by atoms with Crippen LogP contribution in [0, 0.1) is 0 Å². The molecule has 0 spiro atoms. The quantitative estimate of drug-likeness (QED) is 0.648. The monoisotopic (exact) mass is 204 g/mol. The lowest BCUT2D eigenvalue weighted by atomic mass is 10.0. The second kappa shape index (κ2) is 3.26. The van der Waals surface area contributed by atoms with E-state index in [4.69, 9.17) is 9.47 Å². The second-order valence-electron chi connectivity index (χ2n) is 3.93. The van der Waals surface area contributed by atoms with E-state index in [0.717, 1.165) is 29.7 Å². The summed E-state index contributed by atoms with van der Waals surface area (Å²) in [6, 6.07) is 3.80. The smallest absolute Gasteiger partial charge is 0.166 e. The highest BCUT2D eigenvalue weighted by molar-refractivity contribution is 5.99. The fourth-order valence-corrected chi connectivity index (χ4v) is 2.09. The van der Waals surface area contributed by atoms with Gasteiger partial charge in [-0.05, 0) is 18.1 Å². The van der Waals surface area contributed by atoms with Gasteiger partial charge in [-0.1, -0.05) is 0 Å². The summed E-state index contributed by atoms with van der Waals surface area (Å²) in [6.45, 7) is 1.34. The van der Waals surface area contributed by atoms with Crippen LogP contribution in [0.2, 0.25) is 0 Å². The maximum Gasteiger partial charge on any atom is 0.166 e. The van der Waals surface area contributed by atoms with Gasteiger partial charge in [0.1, 0.15) is 11.5 Å². The van der Waals surface area contributed by atoms with Crippen molar-refractivity contribution < 1.29 is 14.3 Å². The van der Waals surface area contributed by atoms with Gasteiger partial charge in [0.15, 0.2) is 5.78 Å². The number of ketones is 1. The van der Waals surface area contributed by atoms with Gasteiger partial charge in [-0.25, -0.2) is 0 Å². The molecule has 0 aromatic heterocycles. The van der Waals surface area contributed by atoms with Gasteiger partial charge in [-0.15, -0.1) is 0 Å².